The number of benzene rings is 2. The lowest BCUT2D eigenvalue weighted by Crippen LogP contribution is -2.41. The number of hydrogen-bond donors (Lipinski definition) is 3. The highest BCUT2D eigenvalue weighted by atomic mass is 19.1. The molecule has 4 aromatic heterocycles. The predicted molar refractivity (Wildman–Crippen MR) is 250 cm³/mol. The summed E-state index contributed by atoms with van der Waals surface area (Å²) in [7, 11) is 1.63. The summed E-state index contributed by atoms with van der Waals surface area (Å²) in [5.41, 5.74) is 11.2. The minimum atomic E-state index is -0.716. The van der Waals surface area contributed by atoms with Gasteiger partial charge in [0.25, 0.3) is 11.8 Å². The molecule has 15 nitrogen and oxygen atoms in total. The summed E-state index contributed by atoms with van der Waals surface area (Å²) < 4.78 is 44.1. The van der Waals surface area contributed by atoms with E-state index < -0.39 is 17.5 Å². The minimum Gasteiger partial charge on any atom is -0.486 e. The second-order valence-corrected chi connectivity index (χ2v) is 16.9. The second-order valence-electron chi connectivity index (χ2n) is 16.9. The first kappa shape index (κ1) is 45.6. The van der Waals surface area contributed by atoms with E-state index in [-0.39, 0.29) is 71.4 Å². The molecule has 17 heteroatoms. The third kappa shape index (κ3) is 10.4. The number of amides is 2. The van der Waals surface area contributed by atoms with Gasteiger partial charge >= 0.3 is 0 Å². The minimum absolute atomic E-state index is 0.00257. The number of nitrogen functional groups attached to an aromatic ring is 1. The normalized spacial score (nSPS) is 14.9. The van der Waals surface area contributed by atoms with Crippen LogP contribution < -0.4 is 26.0 Å². The summed E-state index contributed by atoms with van der Waals surface area (Å²) in [6, 6.07) is 13.2. The number of ether oxygens (including phenoxy) is 2. The van der Waals surface area contributed by atoms with Gasteiger partial charge in [-0.15, -0.1) is 0 Å². The van der Waals surface area contributed by atoms with Crippen molar-refractivity contribution < 1.29 is 27.8 Å². The largest absolute Gasteiger partial charge is 0.486 e. The zero-order valence-corrected chi connectivity index (χ0v) is 37.5. The maximum absolute atomic E-state index is 15.2. The standard InChI is InChI=1S/C49H55F2N11O4/c1-5-33-27-57-62-42(54-26-32-9-8-16-53-25-32)24-43(59-47(33)62)61-17-7-6-10-37(61)15-19-65-28-30(2)49(64)60(4)18-20-66-45-44(55-29-56-46(45)52)39-22-36(50)23-41(31(39)3)58-48(63)38-14-13-35(21-40(38)51)34-11-12-34/h8-9,13-14,16,21-25,27,29,34,37,54H,2,5-7,10-12,15,17-20,26,28H2,1,3-4H3,(H,58,63)(H2,52,55,56)/t37-/m0/s1. The first-order valence-corrected chi connectivity index (χ1v) is 22.4. The molecule has 0 unspecified atom stereocenters. The number of anilines is 4. The van der Waals surface area contributed by atoms with E-state index >= 15 is 4.39 Å². The van der Waals surface area contributed by atoms with Gasteiger partial charge in [-0.3, -0.25) is 14.6 Å². The van der Waals surface area contributed by atoms with Gasteiger partial charge in [0, 0.05) is 73.6 Å². The Morgan fingerprint density at radius 3 is 2.67 bits per heavy atom. The maximum Gasteiger partial charge on any atom is 0.258 e. The van der Waals surface area contributed by atoms with Crippen molar-refractivity contribution in [3.8, 4) is 17.0 Å². The lowest BCUT2D eigenvalue weighted by atomic mass is 9.99. The third-order valence-electron chi connectivity index (χ3n) is 12.2. The number of pyridine rings is 1. The van der Waals surface area contributed by atoms with Crippen molar-refractivity contribution in [1.29, 1.82) is 0 Å². The number of hydrogen-bond acceptors (Lipinski definition) is 12. The highest BCUT2D eigenvalue weighted by molar-refractivity contribution is 6.05. The summed E-state index contributed by atoms with van der Waals surface area (Å²) in [5, 5.41) is 10.8. The Labute approximate surface area is 382 Å². The van der Waals surface area contributed by atoms with Crippen LogP contribution in [0.1, 0.15) is 84.0 Å². The molecule has 2 aromatic carbocycles. The summed E-state index contributed by atoms with van der Waals surface area (Å²) in [6.07, 6.45) is 13.4. The van der Waals surface area contributed by atoms with Crippen molar-refractivity contribution in [3.05, 3.63) is 125 Å². The highest BCUT2D eigenvalue weighted by Crippen LogP contribution is 2.41. The van der Waals surface area contributed by atoms with Crippen molar-refractivity contribution in [2.24, 2.45) is 0 Å². The molecule has 2 amide bonds. The molecule has 1 saturated carbocycles. The van der Waals surface area contributed by atoms with E-state index in [2.05, 4.69) is 55.2 Å². The van der Waals surface area contributed by atoms with Gasteiger partial charge in [-0.1, -0.05) is 25.6 Å². The predicted octanol–water partition coefficient (Wildman–Crippen LogP) is 7.91. The Morgan fingerprint density at radius 1 is 1.05 bits per heavy atom. The SMILES string of the molecule is C=C(COCC[C@@H]1CCCCN1c1cc(NCc2cccnc2)n2ncc(CC)c2n1)C(=O)N(C)CCOc1c(N)ncnc1-c1cc(F)cc(NC(=O)c2ccc(C3CC3)cc2F)c1C. The molecule has 1 atom stereocenters. The quantitative estimate of drug-likeness (QED) is 0.0530. The summed E-state index contributed by atoms with van der Waals surface area (Å²) in [4.78, 5) is 48.2. The number of aromatic nitrogens is 6. The van der Waals surface area contributed by atoms with E-state index in [1.54, 1.807) is 26.2 Å². The van der Waals surface area contributed by atoms with Crippen LogP contribution >= 0.6 is 0 Å². The summed E-state index contributed by atoms with van der Waals surface area (Å²) >= 11 is 0. The average Bonchev–Trinajstić information content (AvgIpc) is 4.10. The molecule has 8 rings (SSSR count). The van der Waals surface area contributed by atoms with Gasteiger partial charge in [-0.05, 0) is 105 Å². The molecular weight excluding hydrogens is 845 g/mol. The smallest absolute Gasteiger partial charge is 0.258 e. The van der Waals surface area contributed by atoms with E-state index in [1.807, 2.05) is 29.0 Å². The number of aryl methyl sites for hydroxylation is 1. The summed E-state index contributed by atoms with van der Waals surface area (Å²) in [6.45, 7) is 9.85. The molecule has 1 aliphatic heterocycles. The Bertz CT molecular complexity index is 2730. The Hall–Kier alpha value is -7.01. The molecule has 1 aliphatic carbocycles. The zero-order valence-electron chi connectivity index (χ0n) is 37.5. The van der Waals surface area contributed by atoms with E-state index in [1.165, 1.54) is 29.4 Å². The van der Waals surface area contributed by atoms with Crippen molar-refractivity contribution in [1.82, 2.24) is 34.4 Å². The van der Waals surface area contributed by atoms with Crippen LogP contribution in [0.25, 0.3) is 16.9 Å². The number of halogens is 2. The Morgan fingerprint density at radius 2 is 1.89 bits per heavy atom. The number of piperidine rings is 1. The molecule has 1 saturated heterocycles. The molecule has 0 bridgehead atoms. The Kier molecular flexibility index (Phi) is 14.1. The lowest BCUT2D eigenvalue weighted by molar-refractivity contribution is -0.126. The first-order chi connectivity index (χ1) is 32.0. The van der Waals surface area contributed by atoms with Gasteiger partial charge in [-0.2, -0.15) is 9.61 Å². The fraction of sp³-hybridized carbons (Fsp3) is 0.367. The maximum atomic E-state index is 15.2. The number of carbonyl (C=O) groups is 2. The monoisotopic (exact) mass is 899 g/mol. The number of likely N-dealkylation sites (N-methyl/N-ethyl adjacent to an activating group) is 1. The number of nitrogens with zero attached hydrogens (tertiary/aromatic N) is 8. The van der Waals surface area contributed by atoms with Gasteiger partial charge in [0.15, 0.2) is 17.2 Å². The molecule has 4 N–H and O–H groups in total. The van der Waals surface area contributed by atoms with E-state index in [0.29, 0.717) is 24.6 Å². The average molecular weight is 900 g/mol. The summed E-state index contributed by atoms with van der Waals surface area (Å²) in [5.74, 6) is -0.203. The van der Waals surface area contributed by atoms with Crippen LogP contribution in [0.3, 0.4) is 0 Å². The molecular formula is C49H55F2N11O4. The van der Waals surface area contributed by atoms with Crippen LogP contribution in [-0.2, 0) is 22.5 Å². The van der Waals surface area contributed by atoms with Gasteiger partial charge in [-0.25, -0.2) is 23.7 Å². The fourth-order valence-corrected chi connectivity index (χ4v) is 8.30. The Balaban J connectivity index is 0.848. The lowest BCUT2D eigenvalue weighted by Gasteiger charge is -2.37. The van der Waals surface area contributed by atoms with Gasteiger partial charge < -0.3 is 35.6 Å². The molecule has 66 heavy (non-hydrogen) atoms. The fourth-order valence-electron chi connectivity index (χ4n) is 8.30. The van der Waals surface area contributed by atoms with Crippen molar-refractivity contribution in [3.63, 3.8) is 0 Å². The third-order valence-corrected chi connectivity index (χ3v) is 12.2. The van der Waals surface area contributed by atoms with Crippen LogP contribution in [0.15, 0.2) is 85.6 Å². The second kappa shape index (κ2) is 20.4. The molecule has 2 aliphatic rings. The zero-order chi connectivity index (χ0) is 46.3. The van der Waals surface area contributed by atoms with Crippen molar-refractivity contribution in [2.45, 2.75) is 77.3 Å². The molecule has 0 spiro atoms. The number of nitrogens with two attached hydrogens (primary N) is 1. The van der Waals surface area contributed by atoms with Crippen LogP contribution in [-0.4, -0.2) is 92.3 Å². The topological polar surface area (TPSA) is 178 Å². The van der Waals surface area contributed by atoms with Crippen LogP contribution in [0.4, 0.5) is 31.9 Å². The van der Waals surface area contributed by atoms with E-state index in [4.69, 9.17) is 20.2 Å². The molecule has 0 radical (unpaired) electrons. The van der Waals surface area contributed by atoms with Gasteiger partial charge in [0.2, 0.25) is 0 Å². The molecule has 5 heterocycles. The number of rotatable bonds is 19. The van der Waals surface area contributed by atoms with Gasteiger partial charge in [0.05, 0.1) is 24.9 Å². The molecule has 344 valence electrons. The number of nitrogens with one attached hydrogen (secondary N) is 2. The van der Waals surface area contributed by atoms with Crippen LogP contribution in [0.2, 0.25) is 0 Å². The van der Waals surface area contributed by atoms with E-state index in [9.17, 15) is 14.0 Å². The van der Waals surface area contributed by atoms with Gasteiger partial charge in [0.1, 0.15) is 41.9 Å². The first-order valence-electron chi connectivity index (χ1n) is 22.4. The van der Waals surface area contributed by atoms with Crippen LogP contribution in [0.5, 0.6) is 5.75 Å². The molecule has 6 aromatic rings. The van der Waals surface area contributed by atoms with Crippen LogP contribution in [0, 0.1) is 18.6 Å². The number of fused-ring (bicyclic) bond motifs is 1. The van der Waals surface area contributed by atoms with Crippen molar-refractivity contribution in [2.75, 3.05) is 61.2 Å². The van der Waals surface area contributed by atoms with Crippen molar-refractivity contribution >= 4 is 40.6 Å². The molecule has 2 fully saturated rings. The number of carbonyl (C=O) groups excluding carboxylic acids is 2. The highest BCUT2D eigenvalue weighted by Gasteiger charge is 2.28. The van der Waals surface area contributed by atoms with E-state index in [0.717, 1.165) is 91.5 Å².